The molecule has 0 aliphatic carbocycles. The molecule has 0 aromatic rings. The van der Waals surface area contributed by atoms with Gasteiger partial charge in [0.25, 0.3) is 0 Å². The normalized spacial score (nSPS) is 47.8. The molecule has 0 bridgehead atoms. The lowest BCUT2D eigenvalue weighted by Crippen LogP contribution is -2.41. The van der Waals surface area contributed by atoms with E-state index in [9.17, 15) is 15.3 Å². The molecule has 0 radical (unpaired) electrons. The highest BCUT2D eigenvalue weighted by molar-refractivity contribution is 5.04. The molecule has 0 amide bonds. The number of aliphatic hydroxyl groups excluding tert-OH is 3. The Balaban J connectivity index is 2.79. The average Bonchev–Trinajstić information content (AvgIpc) is 2.31. The van der Waals surface area contributed by atoms with E-state index in [1.807, 2.05) is 0 Å². The molecule has 4 atom stereocenters. The average molecular weight is 176 g/mol. The molecule has 1 saturated heterocycles. The molecule has 70 valence electrons. The van der Waals surface area contributed by atoms with Gasteiger partial charge in [0.1, 0.15) is 18.3 Å². The molecule has 0 aromatic heterocycles. The summed E-state index contributed by atoms with van der Waals surface area (Å²) in [6.07, 6.45) is -2.75. The van der Waals surface area contributed by atoms with E-state index in [-0.39, 0.29) is 0 Å². The summed E-state index contributed by atoms with van der Waals surface area (Å²) in [6.45, 7) is 2.78. The fourth-order valence-electron chi connectivity index (χ4n) is 1.14. The molecule has 1 aliphatic rings. The molecule has 0 spiro atoms. The third-order valence-corrected chi connectivity index (χ3v) is 1.94. The van der Waals surface area contributed by atoms with E-state index in [4.69, 9.17) is 9.84 Å². The van der Waals surface area contributed by atoms with Crippen molar-refractivity contribution in [2.24, 2.45) is 0 Å². The van der Waals surface area contributed by atoms with Gasteiger partial charge >= 0.3 is 0 Å². The molecule has 5 heteroatoms. The highest BCUT2D eigenvalue weighted by atomic mass is 16.7. The van der Waals surface area contributed by atoms with E-state index in [1.54, 1.807) is 0 Å². The third kappa shape index (κ3) is 1.26. The van der Waals surface area contributed by atoms with Gasteiger partial charge in [0.15, 0.2) is 0 Å². The summed E-state index contributed by atoms with van der Waals surface area (Å²) in [5.74, 6) is -1.95. The van der Waals surface area contributed by atoms with Crippen LogP contribution in [0.1, 0.15) is 0 Å². The van der Waals surface area contributed by atoms with Crippen LogP contribution in [-0.2, 0) is 4.74 Å². The molecular weight excluding hydrogens is 164 g/mol. The van der Waals surface area contributed by atoms with E-state index in [1.165, 1.54) is 0 Å². The number of aliphatic hydroxyl groups is 4. The zero-order valence-corrected chi connectivity index (χ0v) is 6.42. The second-order valence-corrected chi connectivity index (χ2v) is 2.73. The molecule has 1 heterocycles. The molecule has 5 nitrogen and oxygen atoms in total. The van der Waals surface area contributed by atoms with Crippen LogP contribution in [0.5, 0.6) is 0 Å². The lowest BCUT2D eigenvalue weighted by atomic mass is 10.1. The van der Waals surface area contributed by atoms with Crippen LogP contribution < -0.4 is 0 Å². The maximum Gasteiger partial charge on any atom is 0.215 e. The van der Waals surface area contributed by atoms with Gasteiger partial charge < -0.3 is 25.2 Å². The number of hydrogen-bond acceptors (Lipinski definition) is 5. The van der Waals surface area contributed by atoms with Crippen LogP contribution in [0.2, 0.25) is 0 Å². The summed E-state index contributed by atoms with van der Waals surface area (Å²) in [4.78, 5) is 0. The van der Waals surface area contributed by atoms with E-state index < -0.39 is 30.7 Å². The highest BCUT2D eigenvalue weighted by Gasteiger charge is 2.51. The van der Waals surface area contributed by atoms with Crippen LogP contribution in [0.15, 0.2) is 12.7 Å². The maximum absolute atomic E-state index is 9.38. The van der Waals surface area contributed by atoms with Gasteiger partial charge in [0.05, 0.1) is 6.61 Å². The molecule has 4 N–H and O–H groups in total. The Bertz CT molecular complexity index is 183. The molecule has 0 saturated carbocycles. The molecule has 0 aromatic carbocycles. The first kappa shape index (κ1) is 9.63. The van der Waals surface area contributed by atoms with Crippen LogP contribution in [0.25, 0.3) is 0 Å². The van der Waals surface area contributed by atoms with Crippen molar-refractivity contribution >= 4 is 0 Å². The highest BCUT2D eigenvalue weighted by Crippen LogP contribution is 2.29. The van der Waals surface area contributed by atoms with Crippen molar-refractivity contribution in [3.8, 4) is 0 Å². The lowest BCUT2D eigenvalue weighted by molar-refractivity contribution is -0.195. The SMILES string of the molecule is C=C[C@@]1(O)O[C@H](CO)[C@@H](O)[C@H]1O. The van der Waals surface area contributed by atoms with Crippen LogP contribution >= 0.6 is 0 Å². The smallest absolute Gasteiger partial charge is 0.215 e. The first-order chi connectivity index (χ1) is 5.55. The van der Waals surface area contributed by atoms with E-state index >= 15 is 0 Å². The van der Waals surface area contributed by atoms with Crippen LogP contribution in [0, 0.1) is 0 Å². The van der Waals surface area contributed by atoms with E-state index in [0.29, 0.717) is 0 Å². The van der Waals surface area contributed by atoms with Gasteiger partial charge in [0, 0.05) is 0 Å². The summed E-state index contributed by atoms with van der Waals surface area (Å²) < 4.78 is 4.76. The second-order valence-electron chi connectivity index (χ2n) is 2.73. The number of hydrogen-bond donors (Lipinski definition) is 4. The quantitative estimate of drug-likeness (QED) is 0.364. The fraction of sp³-hybridized carbons (Fsp3) is 0.714. The summed E-state index contributed by atoms with van der Waals surface area (Å²) in [5.41, 5.74) is 0. The molecule has 1 fully saturated rings. The third-order valence-electron chi connectivity index (χ3n) is 1.94. The summed E-state index contributed by atoms with van der Waals surface area (Å²) in [6, 6.07) is 0. The van der Waals surface area contributed by atoms with Gasteiger partial charge in [-0.2, -0.15) is 0 Å². The van der Waals surface area contributed by atoms with Crippen LogP contribution in [-0.4, -0.2) is 51.1 Å². The van der Waals surface area contributed by atoms with Gasteiger partial charge in [-0.1, -0.05) is 6.58 Å². The second kappa shape index (κ2) is 3.12. The minimum absolute atomic E-state index is 0.464. The van der Waals surface area contributed by atoms with Crippen molar-refractivity contribution in [3.05, 3.63) is 12.7 Å². The Hall–Kier alpha value is -0.460. The Morgan fingerprint density at radius 3 is 2.33 bits per heavy atom. The van der Waals surface area contributed by atoms with E-state index in [0.717, 1.165) is 6.08 Å². The molecular formula is C7H12O5. The predicted molar refractivity (Wildman–Crippen MR) is 39.1 cm³/mol. The van der Waals surface area contributed by atoms with Crippen molar-refractivity contribution < 1.29 is 25.2 Å². The standard InChI is InChI=1S/C7H12O5/c1-2-7(11)6(10)5(9)4(3-8)12-7/h2,4-6,8-11H,1,3H2/t4-,5-,6-,7-/m1/s1. The number of ether oxygens (including phenoxy) is 1. The predicted octanol–water partition coefficient (Wildman–Crippen LogP) is -2.03. The largest absolute Gasteiger partial charge is 0.394 e. The summed E-state index contributed by atoms with van der Waals surface area (Å²) in [5, 5.41) is 36.4. The Kier molecular flexibility index (Phi) is 2.50. The molecule has 1 rings (SSSR count). The monoisotopic (exact) mass is 176 g/mol. The molecule has 0 unspecified atom stereocenters. The van der Waals surface area contributed by atoms with Gasteiger partial charge in [-0.05, 0) is 6.08 Å². The van der Waals surface area contributed by atoms with Gasteiger partial charge in [-0.25, -0.2) is 0 Å². The zero-order chi connectivity index (χ0) is 9.35. The number of rotatable bonds is 2. The maximum atomic E-state index is 9.38. The van der Waals surface area contributed by atoms with Gasteiger partial charge in [0.2, 0.25) is 5.79 Å². The van der Waals surface area contributed by atoms with Crippen molar-refractivity contribution in [2.45, 2.75) is 24.1 Å². The first-order valence-corrected chi connectivity index (χ1v) is 3.56. The Morgan fingerprint density at radius 1 is 1.50 bits per heavy atom. The van der Waals surface area contributed by atoms with E-state index in [2.05, 4.69) is 6.58 Å². The van der Waals surface area contributed by atoms with Crippen molar-refractivity contribution in [3.63, 3.8) is 0 Å². The fourth-order valence-corrected chi connectivity index (χ4v) is 1.14. The van der Waals surface area contributed by atoms with Crippen LogP contribution in [0.3, 0.4) is 0 Å². The van der Waals surface area contributed by atoms with Crippen molar-refractivity contribution in [1.29, 1.82) is 0 Å². The Morgan fingerprint density at radius 2 is 2.08 bits per heavy atom. The summed E-state index contributed by atoms with van der Waals surface area (Å²) in [7, 11) is 0. The van der Waals surface area contributed by atoms with Crippen LogP contribution in [0.4, 0.5) is 0 Å². The lowest BCUT2D eigenvalue weighted by Gasteiger charge is -2.20. The van der Waals surface area contributed by atoms with Gasteiger partial charge in [-0.15, -0.1) is 0 Å². The summed E-state index contributed by atoms with van der Waals surface area (Å²) >= 11 is 0. The minimum Gasteiger partial charge on any atom is -0.394 e. The van der Waals surface area contributed by atoms with Gasteiger partial charge in [-0.3, -0.25) is 0 Å². The molecule has 12 heavy (non-hydrogen) atoms. The van der Waals surface area contributed by atoms with Crippen molar-refractivity contribution in [2.75, 3.05) is 6.61 Å². The minimum atomic E-state index is -1.95. The zero-order valence-electron chi connectivity index (χ0n) is 6.42. The first-order valence-electron chi connectivity index (χ1n) is 3.56. The molecule has 1 aliphatic heterocycles. The Labute approximate surface area is 69.5 Å². The topological polar surface area (TPSA) is 90.2 Å². The van der Waals surface area contributed by atoms with Crippen molar-refractivity contribution in [1.82, 2.24) is 0 Å².